The van der Waals surface area contributed by atoms with Crippen LogP contribution in [0.1, 0.15) is 49.3 Å². The summed E-state index contributed by atoms with van der Waals surface area (Å²) in [5, 5.41) is 15.0. The standard InChI is InChI=1S/C13H22N4OS/c1-3-14-13-17-16-12(19-13)11(18)15-8-10-6-4-9(2)5-7-10/h9-10H,3-8H2,1-2H3,(H,14,17)(H,15,18). The number of aromatic nitrogens is 2. The highest BCUT2D eigenvalue weighted by atomic mass is 32.1. The van der Waals surface area contributed by atoms with E-state index in [1.807, 2.05) is 6.92 Å². The molecule has 0 atom stereocenters. The summed E-state index contributed by atoms with van der Waals surface area (Å²) in [6.45, 7) is 5.85. The third-order valence-corrected chi connectivity index (χ3v) is 4.51. The summed E-state index contributed by atoms with van der Waals surface area (Å²) in [6.07, 6.45) is 5.01. The SMILES string of the molecule is CCNc1nnc(C(=O)NCC2CCC(C)CC2)s1. The molecular formula is C13H22N4OS. The highest BCUT2D eigenvalue weighted by Gasteiger charge is 2.20. The van der Waals surface area contributed by atoms with Crippen LogP contribution in [0.5, 0.6) is 0 Å². The van der Waals surface area contributed by atoms with Crippen LogP contribution in [0.4, 0.5) is 5.13 Å². The van der Waals surface area contributed by atoms with Gasteiger partial charge in [-0.25, -0.2) is 0 Å². The maximum absolute atomic E-state index is 11.9. The van der Waals surface area contributed by atoms with E-state index < -0.39 is 0 Å². The van der Waals surface area contributed by atoms with E-state index in [2.05, 4.69) is 27.8 Å². The molecule has 0 unspecified atom stereocenters. The number of amides is 1. The van der Waals surface area contributed by atoms with Gasteiger partial charge < -0.3 is 10.6 Å². The number of carbonyl (C=O) groups is 1. The zero-order chi connectivity index (χ0) is 13.7. The first-order valence-corrected chi connectivity index (χ1v) is 7.86. The Labute approximate surface area is 118 Å². The lowest BCUT2D eigenvalue weighted by Gasteiger charge is -2.25. The third kappa shape index (κ3) is 4.16. The zero-order valence-electron chi connectivity index (χ0n) is 11.6. The van der Waals surface area contributed by atoms with Gasteiger partial charge in [-0.3, -0.25) is 4.79 Å². The third-order valence-electron chi connectivity index (χ3n) is 3.63. The van der Waals surface area contributed by atoms with E-state index >= 15 is 0 Å². The summed E-state index contributed by atoms with van der Waals surface area (Å²) >= 11 is 1.31. The number of nitrogens with one attached hydrogen (secondary N) is 2. The van der Waals surface area contributed by atoms with Crippen molar-refractivity contribution in [3.63, 3.8) is 0 Å². The van der Waals surface area contributed by atoms with Crippen molar-refractivity contribution in [2.45, 2.75) is 39.5 Å². The Kier molecular flexibility index (Phi) is 5.13. The van der Waals surface area contributed by atoms with Crippen LogP contribution < -0.4 is 10.6 Å². The zero-order valence-corrected chi connectivity index (χ0v) is 12.4. The molecule has 1 aliphatic carbocycles. The van der Waals surface area contributed by atoms with Gasteiger partial charge in [0.05, 0.1) is 0 Å². The fraction of sp³-hybridized carbons (Fsp3) is 0.769. The average molecular weight is 282 g/mol. The second kappa shape index (κ2) is 6.84. The van der Waals surface area contributed by atoms with Gasteiger partial charge in [0.1, 0.15) is 0 Å². The molecule has 1 amide bonds. The van der Waals surface area contributed by atoms with Gasteiger partial charge in [-0.15, -0.1) is 10.2 Å². The Morgan fingerprint density at radius 3 is 2.74 bits per heavy atom. The number of nitrogens with zero attached hydrogens (tertiary/aromatic N) is 2. The lowest BCUT2D eigenvalue weighted by atomic mass is 9.83. The first-order chi connectivity index (χ1) is 9.19. The Morgan fingerprint density at radius 2 is 2.05 bits per heavy atom. The fourth-order valence-electron chi connectivity index (χ4n) is 2.38. The molecule has 2 N–H and O–H groups in total. The van der Waals surface area contributed by atoms with Gasteiger partial charge in [-0.1, -0.05) is 31.1 Å². The van der Waals surface area contributed by atoms with Crippen LogP contribution in [-0.4, -0.2) is 29.2 Å². The molecule has 1 saturated carbocycles. The minimum atomic E-state index is -0.0970. The van der Waals surface area contributed by atoms with Crippen molar-refractivity contribution in [1.29, 1.82) is 0 Å². The predicted octanol–water partition coefficient (Wildman–Crippen LogP) is 2.53. The maximum atomic E-state index is 11.9. The van der Waals surface area contributed by atoms with Crippen LogP contribution in [0, 0.1) is 11.8 Å². The average Bonchev–Trinajstić information content (AvgIpc) is 2.87. The summed E-state index contributed by atoms with van der Waals surface area (Å²) in [6, 6.07) is 0. The van der Waals surface area contributed by atoms with Gasteiger partial charge in [-0.2, -0.15) is 0 Å². The van der Waals surface area contributed by atoms with Crippen LogP contribution in [-0.2, 0) is 0 Å². The van der Waals surface area contributed by atoms with E-state index in [0.29, 0.717) is 16.1 Å². The summed E-state index contributed by atoms with van der Waals surface area (Å²) < 4.78 is 0. The fourth-order valence-corrected chi connectivity index (χ4v) is 3.11. The predicted molar refractivity (Wildman–Crippen MR) is 77.5 cm³/mol. The Bertz CT molecular complexity index is 413. The van der Waals surface area contributed by atoms with Crippen molar-refractivity contribution in [2.75, 3.05) is 18.4 Å². The Morgan fingerprint density at radius 1 is 1.32 bits per heavy atom. The molecule has 1 aromatic heterocycles. The summed E-state index contributed by atoms with van der Waals surface area (Å²) in [4.78, 5) is 11.9. The second-order valence-electron chi connectivity index (χ2n) is 5.28. The molecule has 6 heteroatoms. The highest BCUT2D eigenvalue weighted by Crippen LogP contribution is 2.27. The number of rotatable bonds is 5. The largest absolute Gasteiger partial charge is 0.360 e. The molecule has 0 bridgehead atoms. The molecule has 2 rings (SSSR count). The molecule has 1 fully saturated rings. The molecule has 0 radical (unpaired) electrons. The monoisotopic (exact) mass is 282 g/mol. The van der Waals surface area contributed by atoms with Crippen LogP contribution >= 0.6 is 11.3 Å². The molecule has 1 aliphatic rings. The molecule has 106 valence electrons. The van der Waals surface area contributed by atoms with E-state index in [-0.39, 0.29) is 5.91 Å². The molecule has 0 saturated heterocycles. The van der Waals surface area contributed by atoms with E-state index in [9.17, 15) is 4.79 Å². The topological polar surface area (TPSA) is 66.9 Å². The molecular weight excluding hydrogens is 260 g/mol. The maximum Gasteiger partial charge on any atom is 0.282 e. The van der Waals surface area contributed by atoms with Gasteiger partial charge in [0.15, 0.2) is 0 Å². The van der Waals surface area contributed by atoms with Crippen molar-refractivity contribution in [3.8, 4) is 0 Å². The van der Waals surface area contributed by atoms with Crippen molar-refractivity contribution in [2.24, 2.45) is 11.8 Å². The van der Waals surface area contributed by atoms with Crippen molar-refractivity contribution in [3.05, 3.63) is 5.01 Å². The van der Waals surface area contributed by atoms with Crippen LogP contribution in [0.15, 0.2) is 0 Å². The Balaban J connectivity index is 1.77. The number of hydrogen-bond donors (Lipinski definition) is 2. The molecule has 1 heterocycles. The van der Waals surface area contributed by atoms with Gasteiger partial charge in [0.2, 0.25) is 10.1 Å². The van der Waals surface area contributed by atoms with Gasteiger partial charge in [0, 0.05) is 13.1 Å². The number of hydrogen-bond acceptors (Lipinski definition) is 5. The number of carbonyl (C=O) groups excluding carboxylic acids is 1. The minimum Gasteiger partial charge on any atom is -0.360 e. The highest BCUT2D eigenvalue weighted by molar-refractivity contribution is 7.17. The lowest BCUT2D eigenvalue weighted by Crippen LogP contribution is -2.31. The van der Waals surface area contributed by atoms with E-state index in [4.69, 9.17) is 0 Å². The van der Waals surface area contributed by atoms with Crippen LogP contribution in [0.2, 0.25) is 0 Å². The second-order valence-corrected chi connectivity index (χ2v) is 6.26. The lowest BCUT2D eigenvalue weighted by molar-refractivity contribution is 0.0941. The van der Waals surface area contributed by atoms with Gasteiger partial charge in [0.25, 0.3) is 5.91 Å². The number of anilines is 1. The van der Waals surface area contributed by atoms with Gasteiger partial charge in [-0.05, 0) is 31.6 Å². The molecule has 0 spiro atoms. The smallest absolute Gasteiger partial charge is 0.282 e. The first kappa shape index (κ1) is 14.2. The summed E-state index contributed by atoms with van der Waals surface area (Å²) in [7, 11) is 0. The van der Waals surface area contributed by atoms with E-state index in [1.54, 1.807) is 0 Å². The van der Waals surface area contributed by atoms with Crippen LogP contribution in [0.25, 0.3) is 0 Å². The molecule has 0 aromatic carbocycles. The van der Waals surface area contributed by atoms with Crippen molar-refractivity contribution in [1.82, 2.24) is 15.5 Å². The van der Waals surface area contributed by atoms with Crippen molar-refractivity contribution < 1.29 is 4.79 Å². The van der Waals surface area contributed by atoms with E-state index in [1.165, 1.54) is 37.0 Å². The quantitative estimate of drug-likeness (QED) is 0.871. The Hall–Kier alpha value is -1.17. The first-order valence-electron chi connectivity index (χ1n) is 7.04. The molecule has 5 nitrogen and oxygen atoms in total. The van der Waals surface area contributed by atoms with Gasteiger partial charge >= 0.3 is 0 Å². The molecule has 0 aliphatic heterocycles. The van der Waals surface area contributed by atoms with Crippen LogP contribution in [0.3, 0.4) is 0 Å². The summed E-state index contributed by atoms with van der Waals surface area (Å²) in [5.74, 6) is 1.37. The molecule has 1 aromatic rings. The normalized spacial score (nSPS) is 23.1. The summed E-state index contributed by atoms with van der Waals surface area (Å²) in [5.41, 5.74) is 0. The van der Waals surface area contributed by atoms with E-state index in [0.717, 1.165) is 19.0 Å². The van der Waals surface area contributed by atoms with Crippen molar-refractivity contribution >= 4 is 22.4 Å². The molecule has 19 heavy (non-hydrogen) atoms. The minimum absolute atomic E-state index is 0.0970.